The summed E-state index contributed by atoms with van der Waals surface area (Å²) < 4.78 is 14.3. The van der Waals surface area contributed by atoms with Crippen LogP contribution < -0.4 is 4.72 Å². The Bertz CT molecular complexity index is 364. The van der Waals surface area contributed by atoms with Gasteiger partial charge in [0.05, 0.1) is 9.82 Å². The van der Waals surface area contributed by atoms with E-state index in [9.17, 15) is 14.3 Å². The Morgan fingerprint density at radius 1 is 1.40 bits per heavy atom. The second-order valence-corrected chi connectivity index (χ2v) is 4.21. The number of hydrogen-bond acceptors (Lipinski definition) is 3. The van der Waals surface area contributed by atoms with Gasteiger partial charge in [0.15, 0.2) is 0 Å². The number of nitro groups is 1. The summed E-state index contributed by atoms with van der Waals surface area (Å²) in [6, 6.07) is 5.69. The van der Waals surface area contributed by atoms with E-state index in [1.807, 2.05) is 6.92 Å². The fraction of sp³-hybridized carbons (Fsp3) is 0.333. The Balaban J connectivity index is 2.71. The quantitative estimate of drug-likeness (QED) is 0.614. The molecule has 1 N–H and O–H groups in total. The van der Waals surface area contributed by atoms with E-state index in [1.54, 1.807) is 0 Å². The molecule has 0 amide bonds. The van der Waals surface area contributed by atoms with Crippen LogP contribution in [0.1, 0.15) is 13.3 Å². The van der Waals surface area contributed by atoms with Crippen LogP contribution in [0, 0.1) is 10.1 Å². The molecule has 1 unspecified atom stereocenters. The Morgan fingerprint density at radius 3 is 2.47 bits per heavy atom. The van der Waals surface area contributed by atoms with Gasteiger partial charge < -0.3 is 0 Å². The van der Waals surface area contributed by atoms with E-state index >= 15 is 0 Å². The maximum atomic E-state index is 11.5. The first kappa shape index (κ1) is 11.8. The molecule has 0 aliphatic rings. The third-order valence-electron chi connectivity index (χ3n) is 1.74. The predicted octanol–water partition coefficient (Wildman–Crippen LogP) is 1.62. The third kappa shape index (κ3) is 3.41. The molecule has 1 aromatic carbocycles. The number of non-ortho nitro benzene ring substituents is 1. The second kappa shape index (κ2) is 5.57. The topological polar surface area (TPSA) is 72.2 Å². The van der Waals surface area contributed by atoms with Crippen LogP contribution in [0.2, 0.25) is 0 Å². The van der Waals surface area contributed by atoms with Crippen molar-refractivity contribution < 1.29 is 9.13 Å². The number of rotatable bonds is 5. The summed E-state index contributed by atoms with van der Waals surface area (Å²) in [6.45, 7) is 2.63. The fourth-order valence-corrected chi connectivity index (χ4v) is 1.91. The average molecular weight is 228 g/mol. The normalized spacial score (nSPS) is 12.3. The zero-order chi connectivity index (χ0) is 11.3. The summed E-state index contributed by atoms with van der Waals surface area (Å²) in [5.41, 5.74) is 0.00578. The van der Waals surface area contributed by atoms with Crippen molar-refractivity contribution in [2.24, 2.45) is 0 Å². The van der Waals surface area contributed by atoms with Crippen LogP contribution in [-0.2, 0) is 11.0 Å². The molecule has 0 saturated carbocycles. The lowest BCUT2D eigenvalue weighted by Crippen LogP contribution is -2.17. The van der Waals surface area contributed by atoms with Crippen molar-refractivity contribution in [3.63, 3.8) is 0 Å². The first-order valence-electron chi connectivity index (χ1n) is 4.55. The molecule has 6 heteroatoms. The van der Waals surface area contributed by atoms with Crippen LogP contribution in [0.5, 0.6) is 0 Å². The van der Waals surface area contributed by atoms with Crippen molar-refractivity contribution in [3.8, 4) is 0 Å². The zero-order valence-corrected chi connectivity index (χ0v) is 9.12. The molecule has 0 fully saturated rings. The number of nitro benzene ring substituents is 1. The van der Waals surface area contributed by atoms with Gasteiger partial charge in [-0.05, 0) is 18.6 Å². The van der Waals surface area contributed by atoms with Crippen LogP contribution >= 0.6 is 0 Å². The highest BCUT2D eigenvalue weighted by atomic mass is 32.2. The number of hydrogen-bond donors (Lipinski definition) is 1. The van der Waals surface area contributed by atoms with Gasteiger partial charge in [-0.2, -0.15) is 0 Å². The maximum Gasteiger partial charge on any atom is 0.269 e. The van der Waals surface area contributed by atoms with Gasteiger partial charge in [0.2, 0.25) is 0 Å². The van der Waals surface area contributed by atoms with E-state index in [0.29, 0.717) is 11.4 Å². The molecule has 0 aliphatic carbocycles. The van der Waals surface area contributed by atoms with Gasteiger partial charge in [0.1, 0.15) is 11.0 Å². The molecular formula is C9H12N2O3S. The monoisotopic (exact) mass is 228 g/mol. The van der Waals surface area contributed by atoms with E-state index in [4.69, 9.17) is 0 Å². The van der Waals surface area contributed by atoms with Gasteiger partial charge in [0, 0.05) is 18.7 Å². The molecule has 0 aromatic heterocycles. The minimum absolute atomic E-state index is 0.00578. The van der Waals surface area contributed by atoms with E-state index < -0.39 is 15.9 Å². The van der Waals surface area contributed by atoms with Crippen LogP contribution in [0.15, 0.2) is 29.2 Å². The molecule has 1 rings (SSSR count). The van der Waals surface area contributed by atoms with Gasteiger partial charge in [-0.15, -0.1) is 0 Å². The molecule has 15 heavy (non-hydrogen) atoms. The van der Waals surface area contributed by atoms with Crippen LogP contribution in [0.25, 0.3) is 0 Å². The van der Waals surface area contributed by atoms with Gasteiger partial charge >= 0.3 is 0 Å². The van der Waals surface area contributed by atoms with E-state index in [0.717, 1.165) is 6.42 Å². The minimum Gasteiger partial charge on any atom is -0.258 e. The van der Waals surface area contributed by atoms with E-state index in [-0.39, 0.29) is 5.69 Å². The number of nitrogens with one attached hydrogen (secondary N) is 1. The smallest absolute Gasteiger partial charge is 0.258 e. The average Bonchev–Trinajstić information content (AvgIpc) is 2.26. The molecule has 0 heterocycles. The summed E-state index contributed by atoms with van der Waals surface area (Å²) in [7, 11) is -1.28. The molecule has 1 aromatic rings. The molecule has 0 spiro atoms. The highest BCUT2D eigenvalue weighted by molar-refractivity contribution is 7.83. The summed E-state index contributed by atoms with van der Waals surface area (Å²) in [6.07, 6.45) is 0.888. The lowest BCUT2D eigenvalue weighted by molar-refractivity contribution is -0.384. The molecule has 0 saturated heterocycles. The van der Waals surface area contributed by atoms with E-state index in [1.165, 1.54) is 24.3 Å². The van der Waals surface area contributed by atoms with Crippen LogP contribution in [0.3, 0.4) is 0 Å². The molecule has 1 atom stereocenters. The van der Waals surface area contributed by atoms with Crippen LogP contribution in [-0.4, -0.2) is 15.7 Å². The summed E-state index contributed by atoms with van der Waals surface area (Å²) in [5, 5.41) is 10.4. The standard InChI is InChI=1S/C9H12N2O3S/c1-2-7-10-15(14)9-5-3-8(4-6-9)11(12)13/h3-6,10H,2,7H2,1H3. The Morgan fingerprint density at radius 2 is 2.00 bits per heavy atom. The van der Waals surface area contributed by atoms with Crippen LogP contribution in [0.4, 0.5) is 5.69 Å². The molecular weight excluding hydrogens is 216 g/mol. The fourth-order valence-electron chi connectivity index (χ4n) is 0.970. The highest BCUT2D eigenvalue weighted by Gasteiger charge is 2.07. The Hall–Kier alpha value is -1.27. The van der Waals surface area contributed by atoms with Gasteiger partial charge in [-0.3, -0.25) is 10.1 Å². The summed E-state index contributed by atoms with van der Waals surface area (Å²) in [5.74, 6) is 0. The number of nitrogens with zero attached hydrogens (tertiary/aromatic N) is 1. The van der Waals surface area contributed by atoms with Crippen molar-refractivity contribution in [3.05, 3.63) is 34.4 Å². The molecule has 0 radical (unpaired) electrons. The van der Waals surface area contributed by atoms with Crippen molar-refractivity contribution in [1.82, 2.24) is 4.72 Å². The van der Waals surface area contributed by atoms with E-state index in [2.05, 4.69) is 4.72 Å². The van der Waals surface area contributed by atoms with Crippen molar-refractivity contribution in [1.29, 1.82) is 0 Å². The molecule has 0 aliphatic heterocycles. The molecule has 0 bridgehead atoms. The van der Waals surface area contributed by atoms with Crippen molar-refractivity contribution in [2.75, 3.05) is 6.54 Å². The minimum atomic E-state index is -1.28. The first-order valence-corrected chi connectivity index (χ1v) is 5.70. The highest BCUT2D eigenvalue weighted by Crippen LogP contribution is 2.13. The lowest BCUT2D eigenvalue weighted by Gasteiger charge is -2.02. The van der Waals surface area contributed by atoms with Gasteiger partial charge in [-0.1, -0.05) is 6.92 Å². The predicted molar refractivity (Wildman–Crippen MR) is 57.8 cm³/mol. The first-order chi connectivity index (χ1) is 7.15. The molecule has 5 nitrogen and oxygen atoms in total. The summed E-state index contributed by atoms with van der Waals surface area (Å²) >= 11 is 0. The third-order valence-corrected chi connectivity index (χ3v) is 2.91. The van der Waals surface area contributed by atoms with Gasteiger partial charge in [0.25, 0.3) is 5.69 Å². The van der Waals surface area contributed by atoms with Crippen molar-refractivity contribution in [2.45, 2.75) is 18.2 Å². The molecule has 82 valence electrons. The SMILES string of the molecule is CCCNS(=O)c1ccc([N+](=O)[O-])cc1. The lowest BCUT2D eigenvalue weighted by atomic mass is 10.3. The summed E-state index contributed by atoms with van der Waals surface area (Å²) in [4.78, 5) is 10.4. The van der Waals surface area contributed by atoms with Crippen molar-refractivity contribution >= 4 is 16.7 Å². The number of benzene rings is 1. The van der Waals surface area contributed by atoms with Gasteiger partial charge in [-0.25, -0.2) is 8.93 Å². The second-order valence-electron chi connectivity index (χ2n) is 2.91. The Kier molecular flexibility index (Phi) is 4.38. The maximum absolute atomic E-state index is 11.5. The Labute approximate surface area is 90.2 Å². The largest absolute Gasteiger partial charge is 0.269 e. The zero-order valence-electron chi connectivity index (χ0n) is 8.30.